The molecule has 1 fully saturated rings. The highest BCUT2D eigenvalue weighted by atomic mass is 32.2. The number of thioether (sulfide) groups is 1. The fourth-order valence-corrected chi connectivity index (χ4v) is 7.91. The molecule has 1 saturated heterocycles. The molecule has 0 unspecified atom stereocenters. The molecule has 1 aliphatic heterocycles. The van der Waals surface area contributed by atoms with Crippen LogP contribution in [0.5, 0.6) is 11.5 Å². The average Bonchev–Trinajstić information content (AvgIpc) is 3.16. The minimum atomic E-state index is -4.86. The van der Waals surface area contributed by atoms with E-state index in [0.29, 0.717) is 50.4 Å². The van der Waals surface area contributed by atoms with Crippen molar-refractivity contribution in [2.24, 2.45) is 0 Å². The van der Waals surface area contributed by atoms with Gasteiger partial charge in [-0.15, -0.1) is 22.0 Å². The van der Waals surface area contributed by atoms with Crippen LogP contribution in [0.1, 0.15) is 35.5 Å². The Morgan fingerprint density at radius 3 is 2.34 bits per heavy atom. The van der Waals surface area contributed by atoms with Gasteiger partial charge in [-0.05, 0) is 103 Å². The highest BCUT2D eigenvalue weighted by Gasteiger charge is 2.35. The number of amides is 1. The quantitative estimate of drug-likeness (QED) is 0.0771. The monoisotopic (exact) mass is 806 g/mol. The zero-order chi connectivity index (χ0) is 39.9. The Balaban J connectivity index is 1.05. The molecule has 16 heteroatoms. The van der Waals surface area contributed by atoms with Crippen molar-refractivity contribution in [1.82, 2.24) is 19.8 Å². The lowest BCUT2D eigenvalue weighted by Gasteiger charge is -2.35. The number of aromatic nitrogens is 2. The zero-order valence-corrected chi connectivity index (χ0v) is 32.3. The Hall–Kier alpha value is -5.32. The molecular formula is C40H41F3N6O5S2. The first-order valence-corrected chi connectivity index (χ1v) is 20.3. The lowest BCUT2D eigenvalue weighted by molar-refractivity contribution is -0.137. The van der Waals surface area contributed by atoms with Gasteiger partial charge >= 0.3 is 6.18 Å². The third kappa shape index (κ3) is 10.7. The highest BCUT2D eigenvalue weighted by molar-refractivity contribution is 7.99. The number of nitrogens with zero attached hydrogens (tertiary/aromatic N) is 4. The number of hydrogen-bond acceptors (Lipinski definition) is 11. The van der Waals surface area contributed by atoms with Gasteiger partial charge in [0, 0.05) is 55.6 Å². The number of carbonyl (C=O) groups is 1. The number of hydrogen-bond donors (Lipinski definition) is 3. The summed E-state index contributed by atoms with van der Waals surface area (Å²) in [6.45, 7) is 7.38. The van der Waals surface area contributed by atoms with Crippen LogP contribution in [0.25, 0.3) is 11.1 Å². The number of benzene rings is 4. The van der Waals surface area contributed by atoms with Crippen molar-refractivity contribution in [2.75, 3.05) is 48.7 Å². The number of nitrogens with one attached hydrogen (secondary N) is 2. The molecule has 1 aromatic heterocycles. The molecule has 5 aromatic rings. The smallest absolute Gasteiger partial charge is 0.418 e. The second kappa shape index (κ2) is 17.6. The molecule has 11 nitrogen and oxygen atoms in total. The summed E-state index contributed by atoms with van der Waals surface area (Å²) in [4.78, 5) is 17.4. The normalized spacial score (nSPS) is 13.8. The van der Waals surface area contributed by atoms with Crippen molar-refractivity contribution in [2.45, 2.75) is 42.5 Å². The Morgan fingerprint density at radius 1 is 0.893 bits per heavy atom. The van der Waals surface area contributed by atoms with E-state index in [1.165, 1.54) is 17.8 Å². The molecule has 0 atom stereocenters. The van der Waals surface area contributed by atoms with Crippen LogP contribution in [0.15, 0.2) is 113 Å². The lowest BCUT2D eigenvalue weighted by Crippen LogP contribution is -2.46. The lowest BCUT2D eigenvalue weighted by atomic mass is 10.0. The molecule has 56 heavy (non-hydrogen) atoms. The maximum absolute atomic E-state index is 14.0. The van der Waals surface area contributed by atoms with Gasteiger partial charge in [0.1, 0.15) is 11.5 Å². The fourth-order valence-electron chi connectivity index (χ4n) is 6.14. The summed E-state index contributed by atoms with van der Waals surface area (Å²) in [5.41, 5.74) is 1.10. The van der Waals surface area contributed by atoms with Gasteiger partial charge in [0.2, 0.25) is 0 Å². The van der Waals surface area contributed by atoms with E-state index in [1.54, 1.807) is 24.3 Å². The van der Waals surface area contributed by atoms with Gasteiger partial charge in [-0.25, -0.2) is 13.1 Å². The van der Waals surface area contributed by atoms with E-state index in [0.717, 1.165) is 39.5 Å². The van der Waals surface area contributed by atoms with E-state index in [4.69, 9.17) is 4.74 Å². The summed E-state index contributed by atoms with van der Waals surface area (Å²) in [5.74, 6) is 0.753. The predicted molar refractivity (Wildman–Crippen MR) is 211 cm³/mol. The van der Waals surface area contributed by atoms with Gasteiger partial charge in [0.25, 0.3) is 15.9 Å². The van der Waals surface area contributed by atoms with Crippen LogP contribution in [0, 0.1) is 0 Å². The molecule has 294 valence electrons. The summed E-state index contributed by atoms with van der Waals surface area (Å²) >= 11 is 1.46. The van der Waals surface area contributed by atoms with Crippen LogP contribution in [-0.4, -0.2) is 79.1 Å². The first-order chi connectivity index (χ1) is 26.7. The van der Waals surface area contributed by atoms with Crippen LogP contribution >= 0.6 is 11.8 Å². The van der Waals surface area contributed by atoms with Gasteiger partial charge in [-0.1, -0.05) is 30.3 Å². The largest absolute Gasteiger partial charge is 0.508 e. The number of ether oxygens (including phenoxy) is 1. The topological polar surface area (TPSA) is 137 Å². The SMILES string of the molecule is CC(C)Oc1cc(CN2CCN(c3ccc(C(=O)NS(=O)(=O)c4ccc(NCCSc5ccccc5)c(C(F)(F)F)c4)nn3)CC2)cc(-c2cccc(O)c2)c1. The number of phenolic OH excluding ortho intramolecular Hbond substituents is 1. The van der Waals surface area contributed by atoms with E-state index in [1.807, 2.05) is 72.0 Å². The third-order valence-corrected chi connectivity index (χ3v) is 11.1. The second-order valence-electron chi connectivity index (χ2n) is 13.4. The molecule has 0 saturated carbocycles. The average molecular weight is 807 g/mol. The summed E-state index contributed by atoms with van der Waals surface area (Å²) in [7, 11) is -4.69. The standard InChI is InChI=1S/C40H41F3N6O5S2/c1-27(2)54-32-22-28(21-30(24-32)29-7-6-8-31(50)23-29)26-48-16-18-49(19-17-48)38-14-13-37(45-46-38)39(51)47-56(52,53)34-11-12-36(35(25-34)40(41,42)43)44-15-20-55-33-9-4-3-5-10-33/h3-14,21-25,27,44,50H,15-20,26H2,1-2H3,(H,47,51). The Morgan fingerprint density at radius 2 is 1.66 bits per heavy atom. The van der Waals surface area contributed by atoms with Crippen LogP contribution in [0.4, 0.5) is 24.7 Å². The molecule has 0 bridgehead atoms. The number of sulfonamides is 1. The number of rotatable bonds is 14. The van der Waals surface area contributed by atoms with Crippen molar-refractivity contribution >= 4 is 39.2 Å². The zero-order valence-electron chi connectivity index (χ0n) is 30.7. The molecule has 2 heterocycles. The maximum atomic E-state index is 14.0. The number of carbonyl (C=O) groups excluding carboxylic acids is 1. The van der Waals surface area contributed by atoms with E-state index < -0.39 is 32.6 Å². The number of halogens is 3. The van der Waals surface area contributed by atoms with E-state index in [9.17, 15) is 31.5 Å². The van der Waals surface area contributed by atoms with Gasteiger partial charge in [0.15, 0.2) is 11.5 Å². The van der Waals surface area contributed by atoms with Gasteiger partial charge < -0.3 is 20.1 Å². The van der Waals surface area contributed by atoms with Crippen molar-refractivity contribution in [1.29, 1.82) is 0 Å². The molecule has 0 aliphatic carbocycles. The molecule has 1 amide bonds. The Bertz CT molecular complexity index is 2240. The van der Waals surface area contributed by atoms with Crippen molar-refractivity contribution in [3.05, 3.63) is 120 Å². The molecule has 0 spiro atoms. The summed E-state index contributed by atoms with van der Waals surface area (Å²) in [6, 6.07) is 27.9. The number of aromatic hydroxyl groups is 1. The van der Waals surface area contributed by atoms with Crippen molar-refractivity contribution in [3.63, 3.8) is 0 Å². The first kappa shape index (κ1) is 40.3. The van der Waals surface area contributed by atoms with Crippen LogP contribution in [0.3, 0.4) is 0 Å². The summed E-state index contributed by atoms with van der Waals surface area (Å²) in [5, 5.41) is 20.8. The minimum Gasteiger partial charge on any atom is -0.508 e. The Labute approximate surface area is 328 Å². The van der Waals surface area contributed by atoms with E-state index in [-0.39, 0.29) is 29.8 Å². The third-order valence-electron chi connectivity index (χ3n) is 8.77. The number of phenols is 1. The summed E-state index contributed by atoms with van der Waals surface area (Å²) < 4.78 is 76.0. The second-order valence-corrected chi connectivity index (χ2v) is 16.2. The molecule has 1 aliphatic rings. The minimum absolute atomic E-state index is 0.0133. The fraction of sp³-hybridized carbons (Fsp3) is 0.275. The molecule has 6 rings (SSSR count). The van der Waals surface area contributed by atoms with Crippen LogP contribution in [-0.2, 0) is 22.7 Å². The summed E-state index contributed by atoms with van der Waals surface area (Å²) in [6.07, 6.45) is -4.87. The molecular weight excluding hydrogens is 766 g/mol. The van der Waals surface area contributed by atoms with Gasteiger partial charge in [-0.2, -0.15) is 13.2 Å². The van der Waals surface area contributed by atoms with Crippen molar-refractivity contribution in [3.8, 4) is 22.6 Å². The molecule has 3 N–H and O–H groups in total. The maximum Gasteiger partial charge on any atom is 0.418 e. The highest BCUT2D eigenvalue weighted by Crippen LogP contribution is 2.37. The molecule has 0 radical (unpaired) electrons. The van der Waals surface area contributed by atoms with Gasteiger partial charge in [-0.3, -0.25) is 9.69 Å². The van der Waals surface area contributed by atoms with Crippen LogP contribution < -0.4 is 19.7 Å². The number of piperazine rings is 1. The number of anilines is 2. The first-order valence-electron chi connectivity index (χ1n) is 17.8. The van der Waals surface area contributed by atoms with E-state index in [2.05, 4.69) is 26.5 Å². The predicted octanol–water partition coefficient (Wildman–Crippen LogP) is 7.30. The van der Waals surface area contributed by atoms with E-state index >= 15 is 0 Å². The Kier molecular flexibility index (Phi) is 12.7. The van der Waals surface area contributed by atoms with Gasteiger partial charge in [0.05, 0.1) is 16.6 Å². The molecule has 4 aromatic carbocycles. The number of alkyl halides is 3. The van der Waals surface area contributed by atoms with Crippen LogP contribution in [0.2, 0.25) is 0 Å². The van der Waals surface area contributed by atoms with Crippen molar-refractivity contribution < 1.29 is 36.2 Å².